The molecule has 0 fully saturated rings. The van der Waals surface area contributed by atoms with Crippen LogP contribution in [0.4, 0.5) is 0 Å². The third-order valence-corrected chi connectivity index (χ3v) is 1.72. The number of nitrogens with two attached hydrogens (primary N) is 1. The fourth-order valence-corrected chi connectivity index (χ4v) is 1.07. The third-order valence-electron chi connectivity index (χ3n) is 1.72. The molecular weight excluding hydrogens is 172 g/mol. The molecule has 1 aliphatic rings. The first-order valence-corrected chi connectivity index (χ1v) is 3.60. The first-order chi connectivity index (χ1) is 6.75. The number of rotatable bonds is 2. The average Bonchev–Trinajstić information content (AvgIpc) is 1.99. The number of carbonyl (C=O) groups excluding carboxylic acids is 1. The van der Waals surface area contributed by atoms with Crippen LogP contribution in [-0.4, -0.2) is 10.8 Å². The van der Waals surface area contributed by atoms with Crippen molar-refractivity contribution in [2.75, 3.05) is 0 Å². The lowest BCUT2D eigenvalue weighted by molar-refractivity contribution is -0.419. The fourth-order valence-electron chi connectivity index (χ4n) is 1.07. The summed E-state index contributed by atoms with van der Waals surface area (Å²) >= 11 is 0. The Balaban J connectivity index is 3.20. The number of allylic oxidation sites excluding steroid dienone is 2. The summed E-state index contributed by atoms with van der Waals surface area (Å²) in [6.45, 7) is 1.31. The standard InChI is InChI=1S/C8H10N2O3/c1-5-4-6(10(12)13)2-3-7(5)8(9)11/h2-5,7H,1H3,(H2,9,11)/i3D,5D. The van der Waals surface area contributed by atoms with Gasteiger partial charge in [0.25, 0.3) is 5.70 Å². The van der Waals surface area contributed by atoms with Crippen LogP contribution in [0.5, 0.6) is 0 Å². The van der Waals surface area contributed by atoms with Crippen molar-refractivity contribution >= 4 is 5.91 Å². The molecule has 5 heteroatoms. The van der Waals surface area contributed by atoms with Gasteiger partial charge in [-0.15, -0.1) is 0 Å². The Bertz CT molecular complexity index is 387. The molecule has 0 saturated carbocycles. The Morgan fingerprint density at radius 1 is 1.92 bits per heavy atom. The maximum Gasteiger partial charge on any atom is 0.265 e. The van der Waals surface area contributed by atoms with Gasteiger partial charge < -0.3 is 5.73 Å². The van der Waals surface area contributed by atoms with E-state index in [0.717, 1.165) is 12.2 Å². The Hall–Kier alpha value is -1.65. The molecule has 1 aliphatic carbocycles. The van der Waals surface area contributed by atoms with Crippen LogP contribution in [0.3, 0.4) is 0 Å². The van der Waals surface area contributed by atoms with Gasteiger partial charge in [0.1, 0.15) is 0 Å². The molecule has 0 heterocycles. The van der Waals surface area contributed by atoms with E-state index in [0.29, 0.717) is 0 Å². The Morgan fingerprint density at radius 3 is 2.92 bits per heavy atom. The minimum absolute atomic E-state index is 0.297. The van der Waals surface area contributed by atoms with E-state index < -0.39 is 22.6 Å². The number of nitro groups is 1. The van der Waals surface area contributed by atoms with Crippen molar-refractivity contribution in [2.24, 2.45) is 17.5 Å². The van der Waals surface area contributed by atoms with Crippen LogP contribution in [0, 0.1) is 21.9 Å². The number of carbonyl (C=O) groups is 1. The van der Waals surface area contributed by atoms with Crippen LogP contribution in [0.15, 0.2) is 23.9 Å². The summed E-state index contributed by atoms with van der Waals surface area (Å²) in [5, 5.41) is 10.5. The van der Waals surface area contributed by atoms with Crippen LogP contribution in [-0.2, 0) is 4.79 Å². The summed E-state index contributed by atoms with van der Waals surface area (Å²) in [4.78, 5) is 20.8. The van der Waals surface area contributed by atoms with E-state index in [2.05, 4.69) is 0 Å². The molecule has 0 aromatic rings. The zero-order chi connectivity index (χ0) is 11.8. The largest absolute Gasteiger partial charge is 0.369 e. The van der Waals surface area contributed by atoms with Crippen LogP contribution >= 0.6 is 0 Å². The molecule has 70 valence electrons. The van der Waals surface area contributed by atoms with Crippen LogP contribution < -0.4 is 5.73 Å². The molecule has 2 unspecified atom stereocenters. The second kappa shape index (κ2) is 3.38. The van der Waals surface area contributed by atoms with Crippen molar-refractivity contribution in [1.29, 1.82) is 0 Å². The summed E-state index contributed by atoms with van der Waals surface area (Å²) in [7, 11) is 0. The highest BCUT2D eigenvalue weighted by Crippen LogP contribution is 2.22. The van der Waals surface area contributed by atoms with Crippen LogP contribution in [0.1, 0.15) is 9.67 Å². The lowest BCUT2D eigenvalue weighted by Crippen LogP contribution is -2.28. The van der Waals surface area contributed by atoms with Crippen molar-refractivity contribution in [3.63, 3.8) is 0 Å². The molecule has 1 amide bonds. The molecule has 2 atom stereocenters. The molecule has 5 nitrogen and oxygen atoms in total. The number of amides is 1. The van der Waals surface area contributed by atoms with Crippen molar-refractivity contribution < 1.29 is 12.5 Å². The van der Waals surface area contributed by atoms with Gasteiger partial charge in [-0.1, -0.05) is 13.0 Å². The Kier molecular flexibility index (Phi) is 1.78. The second-order valence-corrected chi connectivity index (χ2v) is 2.72. The molecule has 13 heavy (non-hydrogen) atoms. The predicted molar refractivity (Wildman–Crippen MR) is 46.1 cm³/mol. The molecule has 0 aliphatic heterocycles. The van der Waals surface area contributed by atoms with Crippen LogP contribution in [0.2, 0.25) is 0 Å². The minimum atomic E-state index is -1.54. The Morgan fingerprint density at radius 2 is 2.54 bits per heavy atom. The zero-order valence-electron chi connectivity index (χ0n) is 8.98. The first kappa shape index (κ1) is 6.82. The first-order valence-electron chi connectivity index (χ1n) is 4.60. The zero-order valence-corrected chi connectivity index (χ0v) is 6.98. The van der Waals surface area contributed by atoms with Crippen molar-refractivity contribution in [3.8, 4) is 0 Å². The van der Waals surface area contributed by atoms with Gasteiger partial charge in [-0.25, -0.2) is 0 Å². The minimum Gasteiger partial charge on any atom is -0.369 e. The molecule has 1 rings (SSSR count). The molecular formula is C8H10N2O3. The van der Waals surface area contributed by atoms with Gasteiger partial charge in [0.05, 0.1) is 12.2 Å². The van der Waals surface area contributed by atoms with Gasteiger partial charge in [0.15, 0.2) is 0 Å². The smallest absolute Gasteiger partial charge is 0.265 e. The highest BCUT2D eigenvalue weighted by molar-refractivity contribution is 5.79. The van der Waals surface area contributed by atoms with E-state index in [1.165, 1.54) is 6.92 Å². The number of primary amides is 1. The monoisotopic (exact) mass is 184 g/mol. The Labute approximate surface area is 77.9 Å². The lowest BCUT2D eigenvalue weighted by Gasteiger charge is -2.16. The molecule has 0 aromatic carbocycles. The normalized spacial score (nSPS) is 35.3. The van der Waals surface area contributed by atoms with E-state index in [1.54, 1.807) is 0 Å². The molecule has 0 radical (unpaired) electrons. The molecule has 0 saturated heterocycles. The highest BCUT2D eigenvalue weighted by Gasteiger charge is 2.25. The van der Waals surface area contributed by atoms with Crippen molar-refractivity contribution in [3.05, 3.63) is 34.0 Å². The predicted octanol–water partition coefficient (Wildman–Crippen LogP) is 0.454. The quantitative estimate of drug-likeness (QED) is 0.499. The maximum absolute atomic E-state index is 11.0. The van der Waals surface area contributed by atoms with E-state index in [9.17, 15) is 14.9 Å². The van der Waals surface area contributed by atoms with Crippen LogP contribution in [0.25, 0.3) is 0 Å². The number of hydrogen-bond acceptors (Lipinski definition) is 3. The summed E-state index contributed by atoms with van der Waals surface area (Å²) in [6.07, 6.45) is 1.98. The topological polar surface area (TPSA) is 86.2 Å². The maximum atomic E-state index is 11.0. The van der Waals surface area contributed by atoms with Crippen molar-refractivity contribution in [1.82, 2.24) is 0 Å². The third kappa shape index (κ3) is 1.93. The lowest BCUT2D eigenvalue weighted by atomic mass is 9.88. The molecule has 2 N–H and O–H groups in total. The van der Waals surface area contributed by atoms with Gasteiger partial charge in [-0.2, -0.15) is 0 Å². The van der Waals surface area contributed by atoms with Gasteiger partial charge in [-0.3, -0.25) is 14.9 Å². The molecule has 0 spiro atoms. The SMILES string of the molecule is [2H]C1=CC([N+](=O)[O-])=CC([2H])(C)C1C(N)=O. The second-order valence-electron chi connectivity index (χ2n) is 2.72. The fraction of sp³-hybridized carbons (Fsp3) is 0.375. The summed E-state index contributed by atoms with van der Waals surface area (Å²) in [5.41, 5.74) is 4.68. The average molecular weight is 184 g/mol. The highest BCUT2D eigenvalue weighted by atomic mass is 16.6. The summed E-state index contributed by atoms with van der Waals surface area (Å²) < 4.78 is 15.2. The molecule has 0 bridgehead atoms. The number of hydrogen-bond donors (Lipinski definition) is 1. The summed E-state index contributed by atoms with van der Waals surface area (Å²) in [5.74, 6) is -3.51. The van der Waals surface area contributed by atoms with Crippen molar-refractivity contribution in [2.45, 2.75) is 6.92 Å². The van der Waals surface area contributed by atoms with E-state index >= 15 is 0 Å². The number of nitrogens with zero attached hydrogens (tertiary/aromatic N) is 1. The van der Waals surface area contributed by atoms with E-state index in [4.69, 9.17) is 8.48 Å². The van der Waals surface area contributed by atoms with Gasteiger partial charge in [0.2, 0.25) is 5.91 Å². The van der Waals surface area contributed by atoms with E-state index in [-0.39, 0.29) is 11.7 Å². The van der Waals surface area contributed by atoms with Gasteiger partial charge >= 0.3 is 0 Å². The summed E-state index contributed by atoms with van der Waals surface area (Å²) in [6, 6.07) is -0.297. The molecule has 0 aromatic heterocycles. The van der Waals surface area contributed by atoms with Gasteiger partial charge in [0, 0.05) is 7.45 Å². The van der Waals surface area contributed by atoms with Gasteiger partial charge in [-0.05, 0) is 12.0 Å². The van der Waals surface area contributed by atoms with E-state index in [1.807, 2.05) is 0 Å².